The van der Waals surface area contributed by atoms with Gasteiger partial charge in [0.05, 0.1) is 18.1 Å². The number of H-pyrrole nitrogens is 1. The molecule has 0 aliphatic carbocycles. The number of fused-ring (bicyclic) bond motifs is 1. The summed E-state index contributed by atoms with van der Waals surface area (Å²) in [5.41, 5.74) is 4.94. The molecule has 1 fully saturated rings. The van der Waals surface area contributed by atoms with Gasteiger partial charge in [-0.1, -0.05) is 0 Å². The predicted molar refractivity (Wildman–Crippen MR) is 110 cm³/mol. The van der Waals surface area contributed by atoms with Crippen LogP contribution in [0.3, 0.4) is 0 Å². The molecule has 0 radical (unpaired) electrons. The zero-order chi connectivity index (χ0) is 18.9. The van der Waals surface area contributed by atoms with Crippen LogP contribution in [0.25, 0.3) is 16.9 Å². The fraction of sp³-hybridized carbons (Fsp3) is 0.250. The van der Waals surface area contributed by atoms with E-state index in [-0.39, 0.29) is 0 Å². The molecule has 1 aromatic carbocycles. The van der Waals surface area contributed by atoms with Crippen molar-refractivity contribution in [1.29, 1.82) is 0 Å². The number of rotatable bonds is 4. The maximum Gasteiger partial charge on any atom is 0.180 e. The van der Waals surface area contributed by atoms with E-state index in [9.17, 15) is 0 Å². The average Bonchev–Trinajstić information content (AvgIpc) is 3.42. The number of imidazole rings is 1. The second-order valence-corrected chi connectivity index (χ2v) is 7.06. The Labute approximate surface area is 162 Å². The average molecular weight is 374 g/mol. The van der Waals surface area contributed by atoms with E-state index in [1.807, 2.05) is 23.0 Å². The maximum atomic E-state index is 4.60. The number of aromatic amines is 1. The summed E-state index contributed by atoms with van der Waals surface area (Å²) in [5.74, 6) is 0.726. The third-order valence-corrected chi connectivity index (χ3v) is 5.22. The van der Waals surface area contributed by atoms with Gasteiger partial charge in [0.15, 0.2) is 11.5 Å². The van der Waals surface area contributed by atoms with Crippen molar-refractivity contribution in [2.75, 3.05) is 43.4 Å². The molecule has 1 aliphatic heterocycles. The Morgan fingerprint density at radius 1 is 1.00 bits per heavy atom. The number of likely N-dealkylation sites (N-methyl/N-ethyl adjacent to an activating group) is 1. The van der Waals surface area contributed by atoms with Crippen molar-refractivity contribution in [3.63, 3.8) is 0 Å². The van der Waals surface area contributed by atoms with E-state index < -0.39 is 0 Å². The Kier molecular flexibility index (Phi) is 4.17. The lowest BCUT2D eigenvalue weighted by atomic mass is 10.2. The standard InChI is InChI=1S/C20H22N8/c1-26-8-10-27(11-9-26)17-4-2-16(3-5-17)25-19-20-21-6-7-28(20)18(14-22-19)15-12-23-24-13-15/h2-7,12-14H,8-11H2,1H3,(H,22,25)(H,23,24). The van der Waals surface area contributed by atoms with Crippen LogP contribution in [0.15, 0.2) is 55.2 Å². The highest BCUT2D eigenvalue weighted by atomic mass is 15.2. The smallest absolute Gasteiger partial charge is 0.180 e. The first-order chi connectivity index (χ1) is 13.8. The second-order valence-electron chi connectivity index (χ2n) is 7.06. The second kappa shape index (κ2) is 6.97. The molecule has 0 amide bonds. The van der Waals surface area contributed by atoms with E-state index in [2.05, 4.69) is 66.6 Å². The van der Waals surface area contributed by atoms with Crippen LogP contribution in [-0.4, -0.2) is 62.7 Å². The van der Waals surface area contributed by atoms with Crippen molar-refractivity contribution in [1.82, 2.24) is 29.5 Å². The largest absolute Gasteiger partial charge is 0.369 e. The van der Waals surface area contributed by atoms with Gasteiger partial charge in [0.25, 0.3) is 0 Å². The minimum absolute atomic E-state index is 0.726. The lowest BCUT2D eigenvalue weighted by Crippen LogP contribution is -2.44. The van der Waals surface area contributed by atoms with Crippen molar-refractivity contribution in [2.45, 2.75) is 0 Å². The maximum absolute atomic E-state index is 4.60. The van der Waals surface area contributed by atoms with Crippen molar-refractivity contribution in [3.05, 3.63) is 55.2 Å². The molecule has 142 valence electrons. The SMILES string of the molecule is CN1CCN(c2ccc(Nc3ncc(-c4cn[nH]c4)n4ccnc34)cc2)CC1. The van der Waals surface area contributed by atoms with Crippen molar-refractivity contribution < 1.29 is 0 Å². The zero-order valence-corrected chi connectivity index (χ0v) is 15.7. The van der Waals surface area contributed by atoms with E-state index in [0.29, 0.717) is 0 Å². The zero-order valence-electron chi connectivity index (χ0n) is 15.7. The van der Waals surface area contributed by atoms with Gasteiger partial charge in [-0.2, -0.15) is 5.10 Å². The number of nitrogens with zero attached hydrogens (tertiary/aromatic N) is 6. The first kappa shape index (κ1) is 16.8. The molecule has 8 heteroatoms. The monoisotopic (exact) mass is 374 g/mol. The van der Waals surface area contributed by atoms with Crippen molar-refractivity contribution in [3.8, 4) is 11.3 Å². The molecule has 0 unspecified atom stereocenters. The number of benzene rings is 1. The summed E-state index contributed by atoms with van der Waals surface area (Å²) in [6, 6.07) is 8.52. The highest BCUT2D eigenvalue weighted by Crippen LogP contribution is 2.26. The molecule has 1 saturated heterocycles. The topological polar surface area (TPSA) is 77.4 Å². The minimum atomic E-state index is 0.726. The molecule has 5 rings (SSSR count). The lowest BCUT2D eigenvalue weighted by molar-refractivity contribution is 0.313. The van der Waals surface area contributed by atoms with E-state index >= 15 is 0 Å². The minimum Gasteiger partial charge on any atom is -0.369 e. The van der Waals surface area contributed by atoms with Gasteiger partial charge in [-0.05, 0) is 31.3 Å². The van der Waals surface area contributed by atoms with Crippen LogP contribution >= 0.6 is 0 Å². The quantitative estimate of drug-likeness (QED) is 0.572. The summed E-state index contributed by atoms with van der Waals surface area (Å²) in [5, 5.41) is 10.3. The van der Waals surface area contributed by atoms with Crippen LogP contribution in [0, 0.1) is 0 Å². The first-order valence-corrected chi connectivity index (χ1v) is 9.40. The van der Waals surface area contributed by atoms with Gasteiger partial charge < -0.3 is 15.1 Å². The van der Waals surface area contributed by atoms with Crippen LogP contribution in [-0.2, 0) is 0 Å². The summed E-state index contributed by atoms with van der Waals surface area (Å²) in [6.45, 7) is 4.33. The number of piperazine rings is 1. The van der Waals surface area contributed by atoms with Gasteiger partial charge >= 0.3 is 0 Å². The Morgan fingerprint density at radius 3 is 2.57 bits per heavy atom. The van der Waals surface area contributed by atoms with Gasteiger partial charge in [0.2, 0.25) is 0 Å². The lowest BCUT2D eigenvalue weighted by Gasteiger charge is -2.34. The van der Waals surface area contributed by atoms with E-state index in [1.165, 1.54) is 5.69 Å². The summed E-state index contributed by atoms with van der Waals surface area (Å²) in [6.07, 6.45) is 9.17. The number of nitrogens with one attached hydrogen (secondary N) is 2. The molecule has 28 heavy (non-hydrogen) atoms. The molecular formula is C20H22N8. The summed E-state index contributed by atoms with van der Waals surface area (Å²) in [4.78, 5) is 13.9. The molecule has 0 atom stereocenters. The van der Waals surface area contributed by atoms with Gasteiger partial charge in [0, 0.05) is 61.7 Å². The Balaban J connectivity index is 1.38. The molecule has 0 bridgehead atoms. The van der Waals surface area contributed by atoms with Crippen LogP contribution in [0.2, 0.25) is 0 Å². The highest BCUT2D eigenvalue weighted by Gasteiger charge is 2.15. The molecule has 4 heterocycles. The first-order valence-electron chi connectivity index (χ1n) is 9.40. The third kappa shape index (κ3) is 3.07. The van der Waals surface area contributed by atoms with Crippen LogP contribution in [0.5, 0.6) is 0 Å². The summed E-state index contributed by atoms with van der Waals surface area (Å²) < 4.78 is 2.01. The molecule has 2 N–H and O–H groups in total. The van der Waals surface area contributed by atoms with Gasteiger partial charge in [-0.25, -0.2) is 9.97 Å². The third-order valence-electron chi connectivity index (χ3n) is 5.22. The molecule has 1 aliphatic rings. The molecule has 8 nitrogen and oxygen atoms in total. The predicted octanol–water partition coefficient (Wildman–Crippen LogP) is 2.61. The molecule has 4 aromatic rings. The molecular weight excluding hydrogens is 352 g/mol. The fourth-order valence-corrected chi connectivity index (χ4v) is 3.57. The Hall–Kier alpha value is -3.39. The van der Waals surface area contributed by atoms with Crippen molar-refractivity contribution in [2.24, 2.45) is 0 Å². The Bertz CT molecular complexity index is 1060. The Morgan fingerprint density at radius 2 is 1.82 bits per heavy atom. The number of hydrogen-bond acceptors (Lipinski definition) is 6. The normalized spacial score (nSPS) is 15.2. The van der Waals surface area contributed by atoms with Crippen LogP contribution in [0.4, 0.5) is 17.2 Å². The van der Waals surface area contributed by atoms with Gasteiger partial charge in [-0.15, -0.1) is 0 Å². The van der Waals surface area contributed by atoms with E-state index in [0.717, 1.165) is 54.6 Å². The number of aromatic nitrogens is 5. The highest BCUT2D eigenvalue weighted by molar-refractivity contribution is 5.74. The van der Waals surface area contributed by atoms with Gasteiger partial charge in [-0.3, -0.25) is 9.50 Å². The summed E-state index contributed by atoms with van der Waals surface area (Å²) in [7, 11) is 2.17. The number of hydrogen-bond donors (Lipinski definition) is 2. The summed E-state index contributed by atoms with van der Waals surface area (Å²) >= 11 is 0. The molecule has 3 aromatic heterocycles. The molecule has 0 saturated carbocycles. The van der Waals surface area contributed by atoms with Crippen LogP contribution < -0.4 is 10.2 Å². The van der Waals surface area contributed by atoms with Gasteiger partial charge in [0.1, 0.15) is 0 Å². The molecule has 0 spiro atoms. The van der Waals surface area contributed by atoms with E-state index in [1.54, 1.807) is 12.4 Å². The van der Waals surface area contributed by atoms with Crippen LogP contribution in [0.1, 0.15) is 0 Å². The fourth-order valence-electron chi connectivity index (χ4n) is 3.57. The van der Waals surface area contributed by atoms with E-state index in [4.69, 9.17) is 0 Å². The number of anilines is 3. The van der Waals surface area contributed by atoms with Crippen molar-refractivity contribution >= 4 is 22.8 Å².